The fourth-order valence-electron chi connectivity index (χ4n) is 5.03. The molecule has 4 N–H and O–H groups in total. The molecule has 0 spiro atoms. The number of carbonyl (C=O) groups excluding carboxylic acids is 3. The molecule has 10 heteroatoms. The lowest BCUT2D eigenvalue weighted by Gasteiger charge is -2.29. The molecule has 230 valence electrons. The predicted molar refractivity (Wildman–Crippen MR) is 164 cm³/mol. The summed E-state index contributed by atoms with van der Waals surface area (Å²) in [5.74, 6) is 0.803. The van der Waals surface area contributed by atoms with Crippen molar-refractivity contribution >= 4 is 18.1 Å². The van der Waals surface area contributed by atoms with E-state index in [2.05, 4.69) is 42.0 Å². The van der Waals surface area contributed by atoms with Gasteiger partial charge in [-0.1, -0.05) is 38.1 Å². The summed E-state index contributed by atoms with van der Waals surface area (Å²) >= 11 is 0. The van der Waals surface area contributed by atoms with Crippen LogP contribution in [0.5, 0.6) is 11.5 Å². The van der Waals surface area contributed by atoms with Crippen LogP contribution in [0.2, 0.25) is 0 Å². The lowest BCUT2D eigenvalue weighted by molar-refractivity contribution is -0.123. The summed E-state index contributed by atoms with van der Waals surface area (Å²) in [6.45, 7) is 13.2. The molecule has 4 unspecified atom stereocenters. The van der Waals surface area contributed by atoms with Gasteiger partial charge in [0.15, 0.2) is 0 Å². The highest BCUT2D eigenvalue weighted by atomic mass is 16.6. The van der Waals surface area contributed by atoms with E-state index in [1.54, 1.807) is 43.1 Å². The molecule has 0 bridgehead atoms. The van der Waals surface area contributed by atoms with Gasteiger partial charge in [-0.25, -0.2) is 9.59 Å². The van der Waals surface area contributed by atoms with Crippen LogP contribution in [0, 0.1) is 0 Å². The third kappa shape index (κ3) is 9.19. The highest BCUT2D eigenvalue weighted by Crippen LogP contribution is 2.33. The molecule has 42 heavy (non-hydrogen) atoms. The van der Waals surface area contributed by atoms with Crippen LogP contribution in [0.3, 0.4) is 0 Å². The first kappa shape index (κ1) is 32.9. The quantitative estimate of drug-likeness (QED) is 0.297. The maximum Gasteiger partial charge on any atom is 0.415 e. The molecule has 1 saturated heterocycles. The Morgan fingerprint density at radius 3 is 2.05 bits per heavy atom. The zero-order chi connectivity index (χ0) is 30.9. The van der Waals surface area contributed by atoms with Crippen molar-refractivity contribution in [2.75, 3.05) is 26.7 Å². The summed E-state index contributed by atoms with van der Waals surface area (Å²) in [6, 6.07) is 14.9. The SMILES string of the molecule is CCNC(=O)Oc1ccc(C(C)(C)c2ccc(OC(=O)N(CC(C)NC(=O)C(C)NC)CC3CCC(C)N3)cc2)cc1. The molecule has 1 heterocycles. The van der Waals surface area contributed by atoms with Crippen LogP contribution in [-0.2, 0) is 10.2 Å². The van der Waals surface area contributed by atoms with Crippen molar-refractivity contribution in [2.24, 2.45) is 0 Å². The van der Waals surface area contributed by atoms with E-state index in [0.717, 1.165) is 24.0 Å². The normalized spacial score (nSPS) is 18.1. The van der Waals surface area contributed by atoms with Gasteiger partial charge in [0, 0.05) is 43.2 Å². The summed E-state index contributed by atoms with van der Waals surface area (Å²) < 4.78 is 11.1. The topological polar surface area (TPSA) is 121 Å². The van der Waals surface area contributed by atoms with Crippen molar-refractivity contribution in [1.29, 1.82) is 0 Å². The Hall–Kier alpha value is -3.63. The molecule has 2 aromatic carbocycles. The van der Waals surface area contributed by atoms with E-state index in [1.165, 1.54) is 0 Å². The molecular formula is C32H47N5O5. The molecule has 1 aliphatic rings. The van der Waals surface area contributed by atoms with Gasteiger partial charge in [0.05, 0.1) is 6.04 Å². The monoisotopic (exact) mass is 581 g/mol. The van der Waals surface area contributed by atoms with Gasteiger partial charge in [-0.15, -0.1) is 0 Å². The molecule has 3 rings (SSSR count). The zero-order valence-electron chi connectivity index (χ0n) is 26.0. The van der Waals surface area contributed by atoms with E-state index in [4.69, 9.17) is 9.47 Å². The van der Waals surface area contributed by atoms with Gasteiger partial charge in [-0.3, -0.25) is 4.79 Å². The Labute approximate surface area is 249 Å². The van der Waals surface area contributed by atoms with Crippen molar-refractivity contribution in [2.45, 2.75) is 84.0 Å². The van der Waals surface area contributed by atoms with Crippen LogP contribution < -0.4 is 30.7 Å². The minimum Gasteiger partial charge on any atom is -0.410 e. The van der Waals surface area contributed by atoms with Crippen molar-refractivity contribution in [3.63, 3.8) is 0 Å². The fourth-order valence-corrected chi connectivity index (χ4v) is 5.03. The molecule has 0 aliphatic carbocycles. The summed E-state index contributed by atoms with van der Waals surface area (Å²) in [6.07, 6.45) is 1.10. The highest BCUT2D eigenvalue weighted by molar-refractivity contribution is 5.81. The van der Waals surface area contributed by atoms with Gasteiger partial charge in [0.1, 0.15) is 11.5 Å². The van der Waals surface area contributed by atoms with E-state index in [9.17, 15) is 14.4 Å². The Kier molecular flexibility index (Phi) is 11.8. The average Bonchev–Trinajstić information content (AvgIpc) is 3.37. The second kappa shape index (κ2) is 15.0. The van der Waals surface area contributed by atoms with E-state index < -0.39 is 12.2 Å². The average molecular weight is 582 g/mol. The van der Waals surface area contributed by atoms with Crippen LogP contribution in [0.4, 0.5) is 9.59 Å². The van der Waals surface area contributed by atoms with Crippen LogP contribution in [0.1, 0.15) is 65.5 Å². The van der Waals surface area contributed by atoms with Gasteiger partial charge in [-0.05, 0) is 83.0 Å². The van der Waals surface area contributed by atoms with E-state index in [0.29, 0.717) is 37.2 Å². The van der Waals surface area contributed by atoms with Crippen LogP contribution >= 0.6 is 0 Å². The summed E-state index contributed by atoms with van der Waals surface area (Å²) in [5, 5.41) is 12.0. The minimum atomic E-state index is -0.482. The van der Waals surface area contributed by atoms with Crippen LogP contribution in [0.15, 0.2) is 48.5 Å². The number of nitrogens with one attached hydrogen (secondary N) is 4. The number of hydrogen-bond acceptors (Lipinski definition) is 7. The Morgan fingerprint density at radius 2 is 1.55 bits per heavy atom. The molecule has 1 fully saturated rings. The number of likely N-dealkylation sites (N-methyl/N-ethyl adjacent to an activating group) is 1. The second-order valence-electron chi connectivity index (χ2n) is 11.6. The van der Waals surface area contributed by atoms with Gasteiger partial charge in [0.25, 0.3) is 0 Å². The minimum absolute atomic E-state index is 0.117. The molecule has 0 aromatic heterocycles. The maximum atomic E-state index is 13.4. The van der Waals surface area contributed by atoms with Crippen molar-refractivity contribution in [1.82, 2.24) is 26.2 Å². The zero-order valence-corrected chi connectivity index (χ0v) is 26.0. The van der Waals surface area contributed by atoms with Gasteiger partial charge >= 0.3 is 12.2 Å². The molecule has 4 atom stereocenters. The Bertz CT molecular complexity index is 1180. The number of amides is 3. The number of benzene rings is 2. The number of rotatable bonds is 12. The molecule has 3 amide bonds. The third-order valence-electron chi connectivity index (χ3n) is 7.77. The van der Waals surface area contributed by atoms with Crippen molar-refractivity contribution in [3.8, 4) is 11.5 Å². The smallest absolute Gasteiger partial charge is 0.410 e. The molecule has 0 radical (unpaired) electrons. The highest BCUT2D eigenvalue weighted by Gasteiger charge is 2.28. The third-order valence-corrected chi connectivity index (χ3v) is 7.77. The van der Waals surface area contributed by atoms with Crippen molar-refractivity contribution in [3.05, 3.63) is 59.7 Å². The molecular weight excluding hydrogens is 534 g/mol. The summed E-state index contributed by atoms with van der Waals surface area (Å²) in [7, 11) is 1.74. The fraction of sp³-hybridized carbons (Fsp3) is 0.531. The van der Waals surface area contributed by atoms with E-state index in [1.807, 2.05) is 38.1 Å². The number of carbonyl (C=O) groups is 3. The van der Waals surface area contributed by atoms with E-state index in [-0.39, 0.29) is 29.4 Å². The van der Waals surface area contributed by atoms with Gasteiger partial charge < -0.3 is 35.6 Å². The van der Waals surface area contributed by atoms with Crippen molar-refractivity contribution < 1.29 is 23.9 Å². The Morgan fingerprint density at radius 1 is 0.976 bits per heavy atom. The first-order valence-electron chi connectivity index (χ1n) is 14.8. The number of hydrogen-bond donors (Lipinski definition) is 4. The van der Waals surface area contributed by atoms with E-state index >= 15 is 0 Å². The van der Waals surface area contributed by atoms with Crippen LogP contribution in [-0.4, -0.2) is 73.8 Å². The summed E-state index contributed by atoms with van der Waals surface area (Å²) in [5.41, 5.74) is 1.74. The lowest BCUT2D eigenvalue weighted by Crippen LogP contribution is -2.51. The maximum absolute atomic E-state index is 13.4. The van der Waals surface area contributed by atoms with Gasteiger partial charge in [-0.2, -0.15) is 0 Å². The largest absolute Gasteiger partial charge is 0.415 e. The molecule has 0 saturated carbocycles. The lowest BCUT2D eigenvalue weighted by atomic mass is 9.78. The summed E-state index contributed by atoms with van der Waals surface area (Å²) in [4.78, 5) is 39.1. The molecule has 1 aliphatic heterocycles. The standard InChI is InChI=1S/C32H47N5O5/c1-8-34-30(39)41-27-15-10-24(11-16-27)32(5,6)25-12-17-28(18-13-25)42-31(40)37(20-26-14-9-21(2)35-26)19-22(3)36-29(38)23(4)33-7/h10-13,15-18,21-23,26,33,35H,8-9,14,19-20H2,1-7H3,(H,34,39)(H,36,38). The number of ether oxygens (including phenoxy) is 2. The Balaban J connectivity index is 1.67. The predicted octanol–water partition coefficient (Wildman–Crippen LogP) is 4.17. The van der Waals surface area contributed by atoms with Gasteiger partial charge in [0.2, 0.25) is 5.91 Å². The first-order valence-corrected chi connectivity index (χ1v) is 14.8. The molecule has 10 nitrogen and oxygen atoms in total. The second-order valence-corrected chi connectivity index (χ2v) is 11.6. The number of nitrogens with zero attached hydrogens (tertiary/aromatic N) is 1. The van der Waals surface area contributed by atoms with Crippen LogP contribution in [0.25, 0.3) is 0 Å². The first-order chi connectivity index (χ1) is 19.9. The molecule has 2 aromatic rings.